The highest BCUT2D eigenvalue weighted by molar-refractivity contribution is 7.89. The van der Waals surface area contributed by atoms with Crippen LogP contribution in [0.1, 0.15) is 41.0 Å². The molecule has 2 heterocycles. The van der Waals surface area contributed by atoms with Crippen molar-refractivity contribution >= 4 is 10.0 Å². The second kappa shape index (κ2) is 10.1. The van der Waals surface area contributed by atoms with E-state index in [4.69, 9.17) is 0 Å². The van der Waals surface area contributed by atoms with Gasteiger partial charge in [-0.2, -0.15) is 4.31 Å². The van der Waals surface area contributed by atoms with Crippen molar-refractivity contribution in [3.05, 3.63) is 89.0 Å². The third kappa shape index (κ3) is 4.52. The van der Waals surface area contributed by atoms with Gasteiger partial charge in [0.05, 0.1) is 11.5 Å². The first-order chi connectivity index (χ1) is 17.3. The van der Waals surface area contributed by atoms with Crippen LogP contribution in [0.5, 0.6) is 0 Å². The molecule has 6 heteroatoms. The summed E-state index contributed by atoms with van der Waals surface area (Å²) in [6, 6.07) is 22.5. The van der Waals surface area contributed by atoms with Crippen molar-refractivity contribution in [3.63, 3.8) is 0 Å². The molecule has 2 saturated heterocycles. The summed E-state index contributed by atoms with van der Waals surface area (Å²) in [6.07, 6.45) is 1.74. The molecule has 0 aromatic heterocycles. The molecule has 1 N–H and O–H groups in total. The predicted octanol–water partition coefficient (Wildman–Crippen LogP) is 4.89. The summed E-state index contributed by atoms with van der Waals surface area (Å²) in [6.45, 7) is 8.04. The minimum absolute atomic E-state index is 0.0164. The van der Waals surface area contributed by atoms with E-state index >= 15 is 0 Å². The summed E-state index contributed by atoms with van der Waals surface area (Å²) >= 11 is 0. The lowest BCUT2D eigenvalue weighted by atomic mass is 9.74. The second-order valence-corrected chi connectivity index (χ2v) is 12.3. The Labute approximate surface area is 215 Å². The van der Waals surface area contributed by atoms with Gasteiger partial charge in [-0.05, 0) is 74.0 Å². The van der Waals surface area contributed by atoms with E-state index in [9.17, 15) is 13.5 Å². The van der Waals surface area contributed by atoms with Gasteiger partial charge in [0.25, 0.3) is 0 Å². The van der Waals surface area contributed by atoms with Crippen LogP contribution in [0.2, 0.25) is 0 Å². The lowest BCUT2D eigenvalue weighted by Gasteiger charge is -2.57. The number of hydrogen-bond acceptors (Lipinski definition) is 4. The average Bonchev–Trinajstić information content (AvgIpc) is 2.85. The first-order valence-corrected chi connectivity index (χ1v) is 14.3. The topological polar surface area (TPSA) is 60.9 Å². The van der Waals surface area contributed by atoms with Gasteiger partial charge in [0.2, 0.25) is 10.0 Å². The second-order valence-electron chi connectivity index (χ2n) is 10.4. The minimum Gasteiger partial charge on any atom is -0.395 e. The van der Waals surface area contributed by atoms with Crippen LogP contribution < -0.4 is 0 Å². The first kappa shape index (κ1) is 25.2. The molecular formula is C30H36N2O3S. The SMILES string of the molecule is Cc1ccc(C)c(-c2ccc([C@@H]3[C@@H](CO)N4CCCCN(S(=O)(=O)c5ccccc5C)C[C@@H]34)cc2)c1. The minimum atomic E-state index is -3.59. The van der Waals surface area contributed by atoms with Crippen molar-refractivity contribution in [1.29, 1.82) is 0 Å². The van der Waals surface area contributed by atoms with Crippen LogP contribution in [0, 0.1) is 20.8 Å². The van der Waals surface area contributed by atoms with Crippen molar-refractivity contribution in [1.82, 2.24) is 9.21 Å². The molecule has 0 bridgehead atoms. The molecule has 190 valence electrons. The van der Waals surface area contributed by atoms with E-state index in [2.05, 4.69) is 61.2 Å². The number of sulfonamides is 1. The van der Waals surface area contributed by atoms with Crippen LogP contribution in [0.4, 0.5) is 0 Å². The van der Waals surface area contributed by atoms with Gasteiger partial charge in [-0.3, -0.25) is 4.90 Å². The van der Waals surface area contributed by atoms with Gasteiger partial charge < -0.3 is 5.11 Å². The molecule has 0 aliphatic carbocycles. The van der Waals surface area contributed by atoms with E-state index < -0.39 is 10.0 Å². The van der Waals surface area contributed by atoms with Crippen LogP contribution >= 0.6 is 0 Å². The normalized spacial score (nSPS) is 23.4. The lowest BCUT2D eigenvalue weighted by Crippen LogP contribution is -2.67. The zero-order valence-corrected chi connectivity index (χ0v) is 22.2. The monoisotopic (exact) mass is 504 g/mol. The fraction of sp³-hybridized carbons (Fsp3) is 0.400. The fourth-order valence-electron chi connectivity index (χ4n) is 6.04. The third-order valence-electron chi connectivity index (χ3n) is 8.04. The molecule has 2 aliphatic heterocycles. The van der Waals surface area contributed by atoms with Crippen molar-refractivity contribution in [2.45, 2.75) is 56.5 Å². The van der Waals surface area contributed by atoms with E-state index in [1.165, 1.54) is 22.3 Å². The molecule has 36 heavy (non-hydrogen) atoms. The summed E-state index contributed by atoms with van der Waals surface area (Å²) in [4.78, 5) is 2.72. The van der Waals surface area contributed by atoms with E-state index in [0.717, 1.165) is 30.5 Å². The first-order valence-electron chi connectivity index (χ1n) is 12.9. The van der Waals surface area contributed by atoms with Gasteiger partial charge in [0, 0.05) is 31.1 Å². The molecule has 0 spiro atoms. The summed E-state index contributed by atoms with van der Waals surface area (Å²) in [7, 11) is -3.59. The molecule has 0 amide bonds. The largest absolute Gasteiger partial charge is 0.395 e. The molecule has 5 rings (SSSR count). The Balaban J connectivity index is 1.44. The number of hydrogen-bond donors (Lipinski definition) is 1. The maximum Gasteiger partial charge on any atom is 0.243 e. The van der Waals surface area contributed by atoms with Gasteiger partial charge in [0.1, 0.15) is 0 Å². The zero-order chi connectivity index (χ0) is 25.4. The lowest BCUT2D eigenvalue weighted by molar-refractivity contribution is -0.0553. The number of nitrogens with zero attached hydrogens (tertiary/aromatic N) is 2. The van der Waals surface area contributed by atoms with Crippen LogP contribution in [-0.2, 0) is 10.0 Å². The van der Waals surface area contributed by atoms with Crippen LogP contribution in [0.15, 0.2) is 71.6 Å². The molecule has 3 aromatic rings. The number of rotatable bonds is 5. The number of aliphatic hydroxyl groups is 1. The fourth-order valence-corrected chi connectivity index (χ4v) is 7.77. The van der Waals surface area contributed by atoms with E-state index in [0.29, 0.717) is 18.0 Å². The number of aryl methyl sites for hydroxylation is 3. The molecule has 0 unspecified atom stereocenters. The van der Waals surface area contributed by atoms with Crippen LogP contribution in [0.25, 0.3) is 11.1 Å². The maximum absolute atomic E-state index is 13.7. The molecule has 5 nitrogen and oxygen atoms in total. The van der Waals surface area contributed by atoms with E-state index in [-0.39, 0.29) is 24.6 Å². The quantitative estimate of drug-likeness (QED) is 0.537. The molecule has 0 radical (unpaired) electrons. The van der Waals surface area contributed by atoms with Crippen molar-refractivity contribution < 1.29 is 13.5 Å². The smallest absolute Gasteiger partial charge is 0.243 e. The summed E-state index contributed by atoms with van der Waals surface area (Å²) in [5, 5.41) is 10.3. The van der Waals surface area contributed by atoms with Gasteiger partial charge in [-0.1, -0.05) is 66.2 Å². The van der Waals surface area contributed by atoms with Gasteiger partial charge >= 0.3 is 0 Å². The van der Waals surface area contributed by atoms with Gasteiger partial charge in [-0.25, -0.2) is 8.42 Å². The maximum atomic E-state index is 13.7. The van der Waals surface area contributed by atoms with Gasteiger partial charge in [-0.15, -0.1) is 0 Å². The summed E-state index contributed by atoms with van der Waals surface area (Å²) < 4.78 is 29.0. The van der Waals surface area contributed by atoms with Crippen molar-refractivity contribution in [3.8, 4) is 11.1 Å². The molecule has 0 saturated carbocycles. The Morgan fingerprint density at radius 1 is 0.889 bits per heavy atom. The molecule has 3 atom stereocenters. The van der Waals surface area contributed by atoms with Crippen LogP contribution in [0.3, 0.4) is 0 Å². The van der Waals surface area contributed by atoms with E-state index in [1.54, 1.807) is 16.4 Å². The molecule has 2 aliphatic rings. The molecule has 3 aromatic carbocycles. The third-order valence-corrected chi connectivity index (χ3v) is 10.1. The van der Waals surface area contributed by atoms with Crippen molar-refractivity contribution in [2.24, 2.45) is 0 Å². The summed E-state index contributed by atoms with van der Waals surface area (Å²) in [5.74, 6) is 0.0929. The Kier molecular flexibility index (Phi) is 7.05. The highest BCUT2D eigenvalue weighted by atomic mass is 32.2. The number of benzene rings is 3. The Morgan fingerprint density at radius 2 is 1.61 bits per heavy atom. The molecular weight excluding hydrogens is 468 g/mol. The Morgan fingerprint density at radius 3 is 2.33 bits per heavy atom. The van der Waals surface area contributed by atoms with Crippen molar-refractivity contribution in [2.75, 3.05) is 26.2 Å². The van der Waals surface area contributed by atoms with Gasteiger partial charge in [0.15, 0.2) is 0 Å². The predicted molar refractivity (Wildman–Crippen MR) is 145 cm³/mol. The highest BCUT2D eigenvalue weighted by Gasteiger charge is 2.50. The highest BCUT2D eigenvalue weighted by Crippen LogP contribution is 2.43. The molecule has 2 fully saturated rings. The standard InChI is InChI=1S/C30H36N2O3S/c1-21-10-11-22(2)26(18-21)24-12-14-25(15-13-24)30-27-19-31(16-6-7-17-32(27)28(30)20-33)36(34,35)29-9-5-4-8-23(29)3/h4-5,8-15,18,27-28,30,33H,6-7,16-17,19-20H2,1-3H3/t27-,28+,30-/m0/s1. The van der Waals surface area contributed by atoms with Crippen LogP contribution in [-0.4, -0.2) is 61.1 Å². The summed E-state index contributed by atoms with van der Waals surface area (Å²) in [5.41, 5.74) is 6.83. The number of fused-ring (bicyclic) bond motifs is 1. The number of aliphatic hydroxyl groups excluding tert-OH is 1. The Hall–Kier alpha value is -2.51. The Bertz CT molecular complexity index is 1340. The average molecular weight is 505 g/mol. The van der Waals surface area contributed by atoms with E-state index in [1.807, 2.05) is 19.1 Å². The zero-order valence-electron chi connectivity index (χ0n) is 21.4.